The van der Waals surface area contributed by atoms with Gasteiger partial charge in [0.1, 0.15) is 0 Å². The Morgan fingerprint density at radius 1 is 1.32 bits per heavy atom. The highest BCUT2D eigenvalue weighted by molar-refractivity contribution is 7.15. The maximum Gasteiger partial charge on any atom is 0.0576 e. The highest BCUT2D eigenvalue weighted by Gasteiger charge is 2.11. The fourth-order valence-corrected chi connectivity index (χ4v) is 3.28. The molecule has 0 unspecified atom stereocenters. The Morgan fingerprint density at radius 2 is 2.11 bits per heavy atom. The highest BCUT2D eigenvalue weighted by Crippen LogP contribution is 2.28. The molecule has 2 aromatic rings. The number of halogens is 1. The summed E-state index contributed by atoms with van der Waals surface area (Å²) in [6.45, 7) is 5.61. The van der Waals surface area contributed by atoms with E-state index in [0.717, 1.165) is 32.7 Å². The van der Waals surface area contributed by atoms with Gasteiger partial charge in [-0.1, -0.05) is 0 Å². The van der Waals surface area contributed by atoms with Gasteiger partial charge < -0.3 is 5.32 Å². The van der Waals surface area contributed by atoms with Gasteiger partial charge >= 0.3 is 0 Å². The molecule has 1 aliphatic rings. The summed E-state index contributed by atoms with van der Waals surface area (Å²) in [6, 6.07) is 4.45. The molecular weight excluding hydrogens is 280 g/mol. The van der Waals surface area contributed by atoms with Gasteiger partial charge in [-0.25, -0.2) is 0 Å². The summed E-state index contributed by atoms with van der Waals surface area (Å²) in [5, 5.41) is 7.61. The summed E-state index contributed by atoms with van der Waals surface area (Å²) in [4.78, 5) is 5.26. The van der Waals surface area contributed by atoms with Crippen molar-refractivity contribution in [2.45, 2.75) is 6.54 Å². The molecule has 19 heavy (non-hydrogen) atoms. The van der Waals surface area contributed by atoms with Gasteiger partial charge in [0, 0.05) is 61.3 Å². The number of piperazine rings is 1. The highest BCUT2D eigenvalue weighted by atomic mass is 35.5. The van der Waals surface area contributed by atoms with E-state index >= 15 is 0 Å². The van der Waals surface area contributed by atoms with E-state index in [1.165, 1.54) is 15.3 Å². The van der Waals surface area contributed by atoms with Gasteiger partial charge in [0.2, 0.25) is 0 Å². The maximum absolute atomic E-state index is 4.22. The Hall–Kier alpha value is -0.880. The minimum absolute atomic E-state index is 0. The summed E-state index contributed by atoms with van der Waals surface area (Å²) in [5.41, 5.74) is 1.22. The minimum atomic E-state index is 0. The second-order valence-corrected chi connectivity index (χ2v) is 5.86. The molecule has 0 spiro atoms. The Bertz CT molecular complexity index is 516. The van der Waals surface area contributed by atoms with Crippen LogP contribution in [0, 0.1) is 0 Å². The molecule has 104 valence electrons. The predicted molar refractivity (Wildman–Crippen MR) is 81.9 cm³/mol. The third-order valence-electron chi connectivity index (χ3n) is 3.24. The van der Waals surface area contributed by atoms with Crippen molar-refractivity contribution in [2.24, 2.45) is 7.05 Å². The van der Waals surface area contributed by atoms with Crippen LogP contribution in [0.15, 0.2) is 24.5 Å². The monoisotopic (exact) mass is 298 g/mol. The second-order valence-electron chi connectivity index (χ2n) is 4.69. The van der Waals surface area contributed by atoms with E-state index in [0.29, 0.717) is 0 Å². The standard InChI is InChI=1S/C13H18N4S.ClH/c1-16-9-11(8-15-16)13-3-2-12(18-13)10-17-6-4-14-5-7-17;/h2-3,8-9,14H,4-7,10H2,1H3;1H. The molecule has 0 atom stereocenters. The first kappa shape index (κ1) is 14.5. The number of aromatic nitrogens is 2. The molecule has 6 heteroatoms. The normalized spacial score (nSPS) is 16.3. The molecule has 0 bridgehead atoms. The summed E-state index contributed by atoms with van der Waals surface area (Å²) in [6.07, 6.45) is 4.00. The van der Waals surface area contributed by atoms with Crippen LogP contribution in [-0.4, -0.2) is 40.9 Å². The number of hydrogen-bond donors (Lipinski definition) is 1. The van der Waals surface area contributed by atoms with Crippen molar-refractivity contribution in [3.8, 4) is 10.4 Å². The topological polar surface area (TPSA) is 33.1 Å². The molecule has 1 fully saturated rings. The SMILES string of the molecule is Cl.Cn1cc(-c2ccc(CN3CCNCC3)s2)cn1. The number of nitrogens with zero attached hydrogens (tertiary/aromatic N) is 3. The van der Waals surface area contributed by atoms with Crippen LogP contribution in [0.3, 0.4) is 0 Å². The molecule has 0 aliphatic carbocycles. The first-order valence-electron chi connectivity index (χ1n) is 6.32. The van der Waals surface area contributed by atoms with Crippen LogP contribution < -0.4 is 5.32 Å². The largest absolute Gasteiger partial charge is 0.314 e. The van der Waals surface area contributed by atoms with Crippen molar-refractivity contribution in [1.29, 1.82) is 0 Å². The fourth-order valence-electron chi connectivity index (χ4n) is 2.26. The number of aryl methyl sites for hydroxylation is 1. The molecule has 3 rings (SSSR count). The minimum Gasteiger partial charge on any atom is -0.314 e. The van der Waals surface area contributed by atoms with Crippen molar-refractivity contribution in [3.63, 3.8) is 0 Å². The maximum atomic E-state index is 4.22. The van der Waals surface area contributed by atoms with E-state index in [2.05, 4.69) is 33.6 Å². The van der Waals surface area contributed by atoms with Crippen molar-refractivity contribution in [2.75, 3.05) is 26.2 Å². The van der Waals surface area contributed by atoms with Gasteiger partial charge in [-0.15, -0.1) is 23.7 Å². The second kappa shape index (κ2) is 6.52. The molecule has 0 saturated carbocycles. The quantitative estimate of drug-likeness (QED) is 0.940. The van der Waals surface area contributed by atoms with Crippen molar-refractivity contribution < 1.29 is 0 Å². The van der Waals surface area contributed by atoms with Crippen LogP contribution in [0.5, 0.6) is 0 Å². The van der Waals surface area contributed by atoms with Crippen LogP contribution in [0.1, 0.15) is 4.88 Å². The fraction of sp³-hybridized carbons (Fsp3) is 0.462. The molecule has 0 amide bonds. The van der Waals surface area contributed by atoms with Gasteiger partial charge in [0.15, 0.2) is 0 Å². The Balaban J connectivity index is 0.00000133. The lowest BCUT2D eigenvalue weighted by atomic mass is 10.3. The smallest absolute Gasteiger partial charge is 0.0576 e. The van der Waals surface area contributed by atoms with Gasteiger partial charge in [0.05, 0.1) is 6.20 Å². The van der Waals surface area contributed by atoms with Crippen LogP contribution in [0.4, 0.5) is 0 Å². The van der Waals surface area contributed by atoms with Crippen molar-refractivity contribution >= 4 is 23.7 Å². The summed E-state index contributed by atoms with van der Waals surface area (Å²) < 4.78 is 1.85. The van der Waals surface area contributed by atoms with Crippen LogP contribution in [0.2, 0.25) is 0 Å². The van der Waals surface area contributed by atoms with E-state index < -0.39 is 0 Å². The average molecular weight is 299 g/mol. The van der Waals surface area contributed by atoms with Gasteiger partial charge in [-0.3, -0.25) is 9.58 Å². The van der Waals surface area contributed by atoms with E-state index in [-0.39, 0.29) is 12.4 Å². The molecule has 2 aromatic heterocycles. The predicted octanol–water partition coefficient (Wildman–Crippen LogP) is 1.98. The lowest BCUT2D eigenvalue weighted by Gasteiger charge is -2.26. The zero-order chi connectivity index (χ0) is 12.4. The average Bonchev–Trinajstić information content (AvgIpc) is 2.99. The third kappa shape index (κ3) is 3.57. The molecule has 0 radical (unpaired) electrons. The third-order valence-corrected chi connectivity index (χ3v) is 4.36. The lowest BCUT2D eigenvalue weighted by molar-refractivity contribution is 0.235. The number of nitrogens with one attached hydrogen (secondary N) is 1. The zero-order valence-electron chi connectivity index (χ0n) is 11.0. The Labute approximate surface area is 123 Å². The number of hydrogen-bond acceptors (Lipinski definition) is 4. The Kier molecular flexibility index (Phi) is 4.99. The van der Waals surface area contributed by atoms with Crippen LogP contribution in [0.25, 0.3) is 10.4 Å². The van der Waals surface area contributed by atoms with Crippen LogP contribution in [-0.2, 0) is 13.6 Å². The molecule has 4 nitrogen and oxygen atoms in total. The van der Waals surface area contributed by atoms with Gasteiger partial charge in [-0.05, 0) is 12.1 Å². The first-order chi connectivity index (χ1) is 8.81. The molecule has 0 aromatic carbocycles. The molecule has 1 N–H and O–H groups in total. The zero-order valence-corrected chi connectivity index (χ0v) is 12.6. The lowest BCUT2D eigenvalue weighted by Crippen LogP contribution is -2.42. The summed E-state index contributed by atoms with van der Waals surface area (Å²) in [5.74, 6) is 0. The van der Waals surface area contributed by atoms with Crippen LogP contribution >= 0.6 is 23.7 Å². The molecular formula is C13H19ClN4S. The van der Waals surface area contributed by atoms with E-state index in [1.54, 1.807) is 0 Å². The van der Waals surface area contributed by atoms with E-state index in [4.69, 9.17) is 0 Å². The van der Waals surface area contributed by atoms with Crippen molar-refractivity contribution in [3.05, 3.63) is 29.4 Å². The Morgan fingerprint density at radius 3 is 2.79 bits per heavy atom. The van der Waals surface area contributed by atoms with Crippen molar-refractivity contribution in [1.82, 2.24) is 20.0 Å². The summed E-state index contributed by atoms with van der Waals surface area (Å²) >= 11 is 1.88. The first-order valence-corrected chi connectivity index (χ1v) is 7.14. The van der Waals surface area contributed by atoms with Gasteiger partial charge in [-0.2, -0.15) is 5.10 Å². The molecule has 1 saturated heterocycles. The molecule has 3 heterocycles. The van der Waals surface area contributed by atoms with Gasteiger partial charge in [0.25, 0.3) is 0 Å². The van der Waals surface area contributed by atoms with E-state index in [1.807, 2.05) is 29.3 Å². The number of thiophene rings is 1. The number of rotatable bonds is 3. The molecule has 1 aliphatic heterocycles. The van der Waals surface area contributed by atoms with E-state index in [9.17, 15) is 0 Å². The summed E-state index contributed by atoms with van der Waals surface area (Å²) in [7, 11) is 1.96.